The number of aliphatic imine (C=N–C) groups is 1. The Morgan fingerprint density at radius 2 is 2.17 bits per heavy atom. The van der Waals surface area contributed by atoms with Crippen LogP contribution in [0.3, 0.4) is 0 Å². The van der Waals surface area contributed by atoms with E-state index in [0.717, 1.165) is 18.1 Å². The lowest BCUT2D eigenvalue weighted by Crippen LogP contribution is -2.38. The summed E-state index contributed by atoms with van der Waals surface area (Å²) in [4.78, 5) is 6.50. The van der Waals surface area contributed by atoms with Crippen LogP contribution >= 0.6 is 24.0 Å². The van der Waals surface area contributed by atoms with Gasteiger partial charge in [-0.25, -0.2) is 9.38 Å². The molecule has 0 saturated carbocycles. The van der Waals surface area contributed by atoms with Crippen molar-refractivity contribution in [1.82, 2.24) is 20.0 Å². The normalized spacial score (nSPS) is 11.1. The summed E-state index contributed by atoms with van der Waals surface area (Å²) in [6.45, 7) is 3.73. The summed E-state index contributed by atoms with van der Waals surface area (Å²) < 4.78 is 15.1. The Morgan fingerprint density at radius 3 is 2.75 bits per heavy atom. The Morgan fingerprint density at radius 1 is 1.42 bits per heavy atom. The molecule has 0 amide bonds. The lowest BCUT2D eigenvalue weighted by atomic mass is 10.2. The highest BCUT2D eigenvalue weighted by Crippen LogP contribution is 2.16. The van der Waals surface area contributed by atoms with Crippen LogP contribution in [-0.4, -0.2) is 39.3 Å². The van der Waals surface area contributed by atoms with E-state index < -0.39 is 5.82 Å². The molecule has 0 bridgehead atoms. The molecule has 0 aliphatic carbocycles. The summed E-state index contributed by atoms with van der Waals surface area (Å²) in [6, 6.07) is 4.29. The van der Waals surface area contributed by atoms with Crippen LogP contribution < -0.4 is 5.32 Å². The van der Waals surface area contributed by atoms with Crippen molar-refractivity contribution in [1.29, 1.82) is 0 Å². The number of phenolic OH excluding ortho intramolecular Hbond substituents is 1. The molecule has 0 spiro atoms. The van der Waals surface area contributed by atoms with Crippen molar-refractivity contribution in [3.8, 4) is 5.75 Å². The standard InChI is InChI=1S/C16H22FN5O.HI/c1-4-18-16(21(2)10-13-9-20-22(3)11-13)19-8-12-5-6-15(23)14(17)7-12;/h5-7,9,11,23H,4,8,10H2,1-3H3,(H,18,19);1H. The van der Waals surface area contributed by atoms with Gasteiger partial charge in [0.1, 0.15) is 0 Å². The quantitative estimate of drug-likeness (QED) is 0.420. The van der Waals surface area contributed by atoms with Crippen molar-refractivity contribution in [2.45, 2.75) is 20.0 Å². The molecule has 2 aromatic rings. The van der Waals surface area contributed by atoms with E-state index in [9.17, 15) is 9.50 Å². The number of phenols is 1. The zero-order valence-electron chi connectivity index (χ0n) is 14.0. The van der Waals surface area contributed by atoms with Crippen molar-refractivity contribution in [2.24, 2.45) is 12.0 Å². The molecule has 0 saturated heterocycles. The molecule has 1 aromatic carbocycles. The fourth-order valence-electron chi connectivity index (χ4n) is 2.19. The first-order valence-corrected chi connectivity index (χ1v) is 7.44. The number of aryl methyl sites for hydroxylation is 1. The van der Waals surface area contributed by atoms with Crippen molar-refractivity contribution < 1.29 is 9.50 Å². The van der Waals surface area contributed by atoms with Gasteiger partial charge in [0, 0.05) is 38.9 Å². The van der Waals surface area contributed by atoms with Crippen molar-refractivity contribution in [3.63, 3.8) is 0 Å². The number of nitrogens with one attached hydrogen (secondary N) is 1. The number of nitrogens with zero attached hydrogens (tertiary/aromatic N) is 4. The van der Waals surface area contributed by atoms with Gasteiger partial charge in [-0.3, -0.25) is 4.68 Å². The van der Waals surface area contributed by atoms with E-state index in [2.05, 4.69) is 15.4 Å². The van der Waals surface area contributed by atoms with Crippen LogP contribution in [0.25, 0.3) is 0 Å². The molecule has 0 fully saturated rings. The number of halogens is 2. The van der Waals surface area contributed by atoms with E-state index in [1.165, 1.54) is 12.1 Å². The smallest absolute Gasteiger partial charge is 0.194 e. The molecule has 6 nitrogen and oxygen atoms in total. The fraction of sp³-hybridized carbons (Fsp3) is 0.375. The molecule has 2 rings (SSSR count). The molecule has 8 heteroatoms. The maximum absolute atomic E-state index is 13.4. The first-order valence-electron chi connectivity index (χ1n) is 7.44. The third-order valence-corrected chi connectivity index (χ3v) is 3.30. The number of hydrogen-bond donors (Lipinski definition) is 2. The first kappa shape index (κ1) is 20.2. The van der Waals surface area contributed by atoms with Crippen molar-refractivity contribution in [2.75, 3.05) is 13.6 Å². The van der Waals surface area contributed by atoms with Crippen LogP contribution in [0.5, 0.6) is 5.75 Å². The highest BCUT2D eigenvalue weighted by atomic mass is 127. The number of aromatic hydroxyl groups is 1. The van der Waals surface area contributed by atoms with Gasteiger partial charge in [-0.1, -0.05) is 6.07 Å². The van der Waals surface area contributed by atoms with Crippen LogP contribution in [-0.2, 0) is 20.1 Å². The molecule has 0 aliphatic heterocycles. The average molecular weight is 447 g/mol. The molecule has 24 heavy (non-hydrogen) atoms. The molecule has 1 heterocycles. The van der Waals surface area contributed by atoms with Crippen molar-refractivity contribution >= 4 is 29.9 Å². The predicted octanol–water partition coefficient (Wildman–Crippen LogP) is 2.48. The highest BCUT2D eigenvalue weighted by molar-refractivity contribution is 14.0. The number of rotatable bonds is 5. The Labute approximate surface area is 158 Å². The largest absolute Gasteiger partial charge is 0.505 e. The first-order chi connectivity index (χ1) is 11.0. The average Bonchev–Trinajstić information content (AvgIpc) is 2.92. The Kier molecular flexibility index (Phi) is 7.96. The second kappa shape index (κ2) is 9.45. The van der Waals surface area contributed by atoms with Gasteiger partial charge in [0.2, 0.25) is 0 Å². The lowest BCUT2D eigenvalue weighted by molar-refractivity contribution is 0.432. The van der Waals surface area contributed by atoms with Gasteiger partial charge in [-0.15, -0.1) is 24.0 Å². The zero-order valence-corrected chi connectivity index (χ0v) is 16.4. The van der Waals surface area contributed by atoms with Crippen LogP contribution in [0.4, 0.5) is 4.39 Å². The number of benzene rings is 1. The molecular formula is C16H23FIN5O. The van der Waals surface area contributed by atoms with Gasteiger partial charge < -0.3 is 15.3 Å². The van der Waals surface area contributed by atoms with Crippen LogP contribution in [0, 0.1) is 5.82 Å². The third kappa shape index (κ3) is 5.66. The summed E-state index contributed by atoms with van der Waals surface area (Å²) in [6.07, 6.45) is 3.77. The molecular weight excluding hydrogens is 424 g/mol. The minimum absolute atomic E-state index is 0. The lowest BCUT2D eigenvalue weighted by Gasteiger charge is -2.21. The zero-order chi connectivity index (χ0) is 16.8. The third-order valence-electron chi connectivity index (χ3n) is 3.30. The van der Waals surface area contributed by atoms with E-state index in [4.69, 9.17) is 0 Å². The topological polar surface area (TPSA) is 65.7 Å². The van der Waals surface area contributed by atoms with Crippen LogP contribution in [0.2, 0.25) is 0 Å². The molecule has 0 atom stereocenters. The Balaban J connectivity index is 0.00000288. The van der Waals surface area contributed by atoms with Gasteiger partial charge in [0.15, 0.2) is 17.5 Å². The summed E-state index contributed by atoms with van der Waals surface area (Å²) >= 11 is 0. The molecule has 0 unspecified atom stereocenters. The van der Waals surface area contributed by atoms with Crippen LogP contribution in [0.15, 0.2) is 35.6 Å². The molecule has 2 N–H and O–H groups in total. The van der Waals surface area contributed by atoms with E-state index in [0.29, 0.717) is 18.7 Å². The maximum Gasteiger partial charge on any atom is 0.194 e. The van der Waals surface area contributed by atoms with Gasteiger partial charge in [0.05, 0.1) is 12.7 Å². The van der Waals surface area contributed by atoms with Gasteiger partial charge in [-0.2, -0.15) is 5.10 Å². The number of aromatic nitrogens is 2. The number of hydrogen-bond acceptors (Lipinski definition) is 3. The van der Waals surface area contributed by atoms with E-state index in [1.54, 1.807) is 10.7 Å². The molecule has 1 aromatic heterocycles. The van der Waals surface area contributed by atoms with Gasteiger partial charge >= 0.3 is 0 Å². The summed E-state index contributed by atoms with van der Waals surface area (Å²) in [5.41, 5.74) is 1.78. The predicted molar refractivity (Wildman–Crippen MR) is 103 cm³/mol. The highest BCUT2D eigenvalue weighted by Gasteiger charge is 2.08. The maximum atomic E-state index is 13.4. The minimum atomic E-state index is -0.633. The summed E-state index contributed by atoms with van der Waals surface area (Å²) in [7, 11) is 3.81. The van der Waals surface area contributed by atoms with Gasteiger partial charge in [-0.05, 0) is 24.6 Å². The van der Waals surface area contributed by atoms with Crippen LogP contribution in [0.1, 0.15) is 18.1 Å². The summed E-state index contributed by atoms with van der Waals surface area (Å²) in [5.74, 6) is -0.255. The number of guanidine groups is 1. The summed E-state index contributed by atoms with van der Waals surface area (Å²) in [5, 5.41) is 16.6. The Hall–Kier alpha value is -1.84. The second-order valence-corrected chi connectivity index (χ2v) is 5.33. The van der Waals surface area contributed by atoms with Gasteiger partial charge in [0.25, 0.3) is 0 Å². The van der Waals surface area contributed by atoms with E-state index >= 15 is 0 Å². The Bertz CT molecular complexity index is 689. The van der Waals surface area contributed by atoms with Crippen molar-refractivity contribution in [3.05, 3.63) is 47.5 Å². The molecule has 132 valence electrons. The van der Waals surface area contributed by atoms with E-state index in [1.807, 2.05) is 38.3 Å². The minimum Gasteiger partial charge on any atom is -0.505 e. The van der Waals surface area contributed by atoms with E-state index in [-0.39, 0.29) is 29.7 Å². The molecule has 0 radical (unpaired) electrons. The monoisotopic (exact) mass is 447 g/mol. The molecule has 0 aliphatic rings. The SMILES string of the molecule is CCNC(=NCc1ccc(O)c(F)c1)N(C)Cc1cnn(C)c1.I. The second-order valence-electron chi connectivity index (χ2n) is 5.33. The fourth-order valence-corrected chi connectivity index (χ4v) is 2.19.